The van der Waals surface area contributed by atoms with Gasteiger partial charge in [0.25, 0.3) is 5.91 Å². The Labute approximate surface area is 270 Å². The molecular weight excluding hydrogens is 586 g/mol. The molecule has 0 bridgehead atoms. The van der Waals surface area contributed by atoms with Crippen LogP contribution in [0, 0.1) is 0 Å². The Morgan fingerprint density at radius 2 is 1.36 bits per heavy atom. The van der Waals surface area contributed by atoms with E-state index in [0.29, 0.717) is 56.6 Å². The zero-order valence-corrected chi connectivity index (χ0v) is 26.5. The maximum absolute atomic E-state index is 14.2. The van der Waals surface area contributed by atoms with Gasteiger partial charge in [0.05, 0.1) is 18.6 Å². The molecule has 0 N–H and O–H groups in total. The predicted octanol–water partition coefficient (Wildman–Crippen LogP) is 6.08. The van der Waals surface area contributed by atoms with Crippen molar-refractivity contribution in [2.45, 2.75) is 38.3 Å². The van der Waals surface area contributed by atoms with E-state index < -0.39 is 0 Å². The zero-order valence-electron chi connectivity index (χ0n) is 25.8. The number of piperidine rings is 1. The summed E-state index contributed by atoms with van der Waals surface area (Å²) in [6, 6.07) is 29.4. The molecule has 2 amide bonds. The molecule has 2 fully saturated rings. The molecule has 4 aromatic rings. The van der Waals surface area contributed by atoms with Crippen molar-refractivity contribution in [3.63, 3.8) is 0 Å². The van der Waals surface area contributed by atoms with Crippen molar-refractivity contribution in [3.8, 4) is 0 Å². The first-order valence-corrected chi connectivity index (χ1v) is 16.2. The van der Waals surface area contributed by atoms with Crippen LogP contribution < -0.4 is 0 Å². The predicted molar refractivity (Wildman–Crippen MR) is 175 cm³/mol. The molecule has 1 aromatic heterocycles. The lowest BCUT2D eigenvalue weighted by Gasteiger charge is -2.43. The molecule has 3 aromatic carbocycles. The van der Waals surface area contributed by atoms with Crippen LogP contribution in [0.1, 0.15) is 52.6 Å². The number of ether oxygens (including phenoxy) is 1. The maximum atomic E-state index is 14.2. The van der Waals surface area contributed by atoms with Gasteiger partial charge >= 0.3 is 6.09 Å². The lowest BCUT2D eigenvalue weighted by atomic mass is 9.68. The smallest absolute Gasteiger partial charge is 0.409 e. The van der Waals surface area contributed by atoms with Crippen molar-refractivity contribution in [2.24, 2.45) is 0 Å². The summed E-state index contributed by atoms with van der Waals surface area (Å²) in [5, 5.41) is 0.674. The molecule has 9 heteroatoms. The fraction of sp³-hybridized carbons (Fsp3) is 0.361. The number of hydrogen-bond acceptors (Lipinski definition) is 5. The number of carbonyl (C=O) groups excluding carboxylic acids is 2. The Morgan fingerprint density at radius 1 is 0.778 bits per heavy atom. The number of hydrogen-bond donors (Lipinski definition) is 0. The summed E-state index contributed by atoms with van der Waals surface area (Å²) in [6.45, 7) is 6.80. The normalized spacial score (nSPS) is 16.8. The van der Waals surface area contributed by atoms with E-state index in [0.717, 1.165) is 37.2 Å². The molecule has 2 saturated heterocycles. The summed E-state index contributed by atoms with van der Waals surface area (Å²) in [6.07, 6.45) is 3.41. The highest BCUT2D eigenvalue weighted by Crippen LogP contribution is 2.42. The second-order valence-electron chi connectivity index (χ2n) is 11.9. The summed E-state index contributed by atoms with van der Waals surface area (Å²) in [4.78, 5) is 37.2. The summed E-state index contributed by atoms with van der Waals surface area (Å²) < 4.78 is 7.13. The van der Waals surface area contributed by atoms with Crippen LogP contribution in [0.4, 0.5) is 4.79 Å². The van der Waals surface area contributed by atoms with Crippen molar-refractivity contribution < 1.29 is 14.3 Å². The highest BCUT2D eigenvalue weighted by Gasteiger charge is 2.38. The molecule has 8 nitrogen and oxygen atoms in total. The fourth-order valence-electron chi connectivity index (χ4n) is 6.71. The summed E-state index contributed by atoms with van der Waals surface area (Å²) in [5.41, 5.74) is 5.08. The average molecular weight is 626 g/mol. The van der Waals surface area contributed by atoms with Crippen molar-refractivity contribution >= 4 is 23.6 Å². The van der Waals surface area contributed by atoms with Gasteiger partial charge in [-0.15, -0.1) is 0 Å². The van der Waals surface area contributed by atoms with Gasteiger partial charge < -0.3 is 19.1 Å². The van der Waals surface area contributed by atoms with E-state index in [1.54, 1.807) is 18.2 Å². The standard InChI is InChI=1S/C36H40ClN5O3/c1-2-45-35(44)41-23-21-40(22-24-41)34(43)33-32(38-27-42(33)25-28-13-15-31(37)16-14-28)26-39-19-17-36(18-20-39,29-9-5-3-6-10-29)30-11-7-4-8-12-30/h3-16,27H,2,17-26H2,1H3. The Bertz CT molecular complexity index is 1530. The topological polar surface area (TPSA) is 70.9 Å². The molecule has 2 aliphatic rings. The summed E-state index contributed by atoms with van der Waals surface area (Å²) in [7, 11) is 0. The Hall–Kier alpha value is -4.14. The molecule has 0 unspecified atom stereocenters. The van der Waals surface area contributed by atoms with Crippen molar-refractivity contribution in [1.82, 2.24) is 24.3 Å². The van der Waals surface area contributed by atoms with Gasteiger partial charge in [-0.2, -0.15) is 0 Å². The minimum absolute atomic E-state index is 0.0514. The van der Waals surface area contributed by atoms with Crippen LogP contribution in [-0.4, -0.2) is 82.1 Å². The number of rotatable bonds is 8. The van der Waals surface area contributed by atoms with Crippen molar-refractivity contribution in [1.29, 1.82) is 0 Å². The quantitative estimate of drug-likeness (QED) is 0.237. The lowest BCUT2D eigenvalue weighted by Crippen LogP contribution is -2.51. The van der Waals surface area contributed by atoms with Gasteiger partial charge in [0.2, 0.25) is 0 Å². The van der Waals surface area contributed by atoms with E-state index in [1.165, 1.54) is 11.1 Å². The molecule has 0 spiro atoms. The number of piperazine rings is 1. The second-order valence-corrected chi connectivity index (χ2v) is 12.3. The van der Waals surface area contributed by atoms with Crippen LogP contribution >= 0.6 is 11.6 Å². The van der Waals surface area contributed by atoms with Crippen LogP contribution in [0.2, 0.25) is 5.02 Å². The molecule has 6 rings (SSSR count). The van der Waals surface area contributed by atoms with Crippen LogP contribution in [0.5, 0.6) is 0 Å². The highest BCUT2D eigenvalue weighted by molar-refractivity contribution is 6.30. The third kappa shape index (κ3) is 6.77. The number of halogens is 1. The molecule has 3 heterocycles. The van der Waals surface area contributed by atoms with E-state index in [9.17, 15) is 9.59 Å². The number of likely N-dealkylation sites (tertiary alicyclic amines) is 1. The van der Waals surface area contributed by atoms with E-state index >= 15 is 0 Å². The number of benzene rings is 3. The number of carbonyl (C=O) groups is 2. The largest absolute Gasteiger partial charge is 0.450 e. The number of aromatic nitrogens is 2. The monoisotopic (exact) mass is 625 g/mol. The first kappa shape index (κ1) is 30.9. The fourth-order valence-corrected chi connectivity index (χ4v) is 6.84. The molecule has 0 aliphatic carbocycles. The molecule has 45 heavy (non-hydrogen) atoms. The summed E-state index contributed by atoms with van der Waals surface area (Å²) in [5.74, 6) is -0.0556. The van der Waals surface area contributed by atoms with Gasteiger partial charge in [0, 0.05) is 49.7 Å². The first-order chi connectivity index (χ1) is 22.0. The van der Waals surface area contributed by atoms with Gasteiger partial charge in [0.15, 0.2) is 0 Å². The number of imidazole rings is 1. The molecule has 234 valence electrons. The zero-order chi connectivity index (χ0) is 31.2. The molecular formula is C36H40ClN5O3. The van der Waals surface area contributed by atoms with E-state index in [2.05, 4.69) is 65.6 Å². The molecule has 0 atom stereocenters. The van der Waals surface area contributed by atoms with E-state index in [-0.39, 0.29) is 17.4 Å². The maximum Gasteiger partial charge on any atom is 0.409 e. The minimum Gasteiger partial charge on any atom is -0.450 e. The van der Waals surface area contributed by atoms with Gasteiger partial charge in [-0.05, 0) is 61.7 Å². The number of amides is 2. The van der Waals surface area contributed by atoms with E-state index in [4.69, 9.17) is 21.3 Å². The average Bonchev–Trinajstić information content (AvgIpc) is 3.48. The molecule has 2 aliphatic heterocycles. The van der Waals surface area contributed by atoms with Gasteiger partial charge in [-0.1, -0.05) is 84.4 Å². The third-order valence-electron chi connectivity index (χ3n) is 9.21. The number of nitrogens with zero attached hydrogens (tertiary/aromatic N) is 5. The molecule has 0 radical (unpaired) electrons. The van der Waals surface area contributed by atoms with Gasteiger partial charge in [-0.25, -0.2) is 9.78 Å². The van der Waals surface area contributed by atoms with Crippen LogP contribution in [-0.2, 0) is 23.2 Å². The Kier molecular flexibility index (Phi) is 9.52. The third-order valence-corrected chi connectivity index (χ3v) is 9.46. The minimum atomic E-state index is -0.328. The molecule has 0 saturated carbocycles. The Balaban J connectivity index is 1.22. The Morgan fingerprint density at radius 3 is 1.93 bits per heavy atom. The van der Waals surface area contributed by atoms with Crippen molar-refractivity contribution in [2.75, 3.05) is 45.9 Å². The van der Waals surface area contributed by atoms with Crippen LogP contribution in [0.15, 0.2) is 91.3 Å². The first-order valence-electron chi connectivity index (χ1n) is 15.8. The van der Waals surface area contributed by atoms with E-state index in [1.807, 2.05) is 33.7 Å². The lowest BCUT2D eigenvalue weighted by molar-refractivity contribution is 0.0560. The summed E-state index contributed by atoms with van der Waals surface area (Å²) >= 11 is 6.14. The van der Waals surface area contributed by atoms with Crippen LogP contribution in [0.25, 0.3) is 0 Å². The SMILES string of the molecule is CCOC(=O)N1CCN(C(=O)c2c(CN3CCC(c4ccccc4)(c4ccccc4)CC3)ncn2Cc2ccc(Cl)cc2)CC1. The van der Waals surface area contributed by atoms with Gasteiger partial charge in [-0.3, -0.25) is 9.69 Å². The van der Waals surface area contributed by atoms with Crippen LogP contribution in [0.3, 0.4) is 0 Å². The van der Waals surface area contributed by atoms with Gasteiger partial charge in [0.1, 0.15) is 5.69 Å². The second kappa shape index (κ2) is 13.9. The van der Waals surface area contributed by atoms with Crippen molar-refractivity contribution in [3.05, 3.63) is 124 Å². The highest BCUT2D eigenvalue weighted by atomic mass is 35.5.